The van der Waals surface area contributed by atoms with Crippen LogP contribution in [0.4, 0.5) is 0 Å². The van der Waals surface area contributed by atoms with Crippen molar-refractivity contribution >= 4 is 0 Å². The molecule has 1 spiro atoms. The molecule has 3 nitrogen and oxygen atoms in total. The predicted octanol–water partition coefficient (Wildman–Crippen LogP) is 2.66. The Balaban J connectivity index is 1.37. The summed E-state index contributed by atoms with van der Waals surface area (Å²) in [6.07, 6.45) is 3.25. The number of hydrogen-bond acceptors (Lipinski definition) is 3. The highest BCUT2D eigenvalue weighted by atomic mass is 16.7. The second-order valence-corrected chi connectivity index (χ2v) is 6.57. The van der Waals surface area contributed by atoms with Crippen molar-refractivity contribution in [2.45, 2.75) is 31.6 Å². The van der Waals surface area contributed by atoms with Crippen molar-refractivity contribution < 1.29 is 9.47 Å². The molecule has 1 saturated carbocycles. The van der Waals surface area contributed by atoms with Gasteiger partial charge in [-0.05, 0) is 23.8 Å². The minimum absolute atomic E-state index is 0.216. The molecular formula is C17H23NO2. The number of benzene rings is 1. The van der Waals surface area contributed by atoms with Crippen molar-refractivity contribution in [2.24, 2.45) is 11.8 Å². The lowest BCUT2D eigenvalue weighted by Crippen LogP contribution is -2.39. The van der Waals surface area contributed by atoms with E-state index in [-0.39, 0.29) is 5.79 Å². The molecule has 0 bridgehead atoms. The van der Waals surface area contributed by atoms with Gasteiger partial charge in [0.1, 0.15) is 0 Å². The summed E-state index contributed by atoms with van der Waals surface area (Å²) in [4.78, 5) is 2.60. The van der Waals surface area contributed by atoms with Crippen LogP contribution in [0.25, 0.3) is 0 Å². The van der Waals surface area contributed by atoms with Gasteiger partial charge in [-0.25, -0.2) is 0 Å². The number of rotatable bonds is 2. The minimum atomic E-state index is -0.216. The van der Waals surface area contributed by atoms with Gasteiger partial charge in [-0.1, -0.05) is 30.3 Å². The summed E-state index contributed by atoms with van der Waals surface area (Å²) < 4.78 is 12.0. The molecule has 0 aromatic heterocycles. The number of fused-ring (bicyclic) bond motifs is 1. The highest BCUT2D eigenvalue weighted by molar-refractivity contribution is 5.15. The molecule has 2 atom stereocenters. The van der Waals surface area contributed by atoms with E-state index < -0.39 is 0 Å². The Morgan fingerprint density at radius 2 is 1.65 bits per heavy atom. The van der Waals surface area contributed by atoms with Gasteiger partial charge < -0.3 is 9.47 Å². The van der Waals surface area contributed by atoms with Crippen LogP contribution in [-0.4, -0.2) is 37.0 Å². The molecule has 0 N–H and O–H groups in total. The Labute approximate surface area is 120 Å². The summed E-state index contributed by atoms with van der Waals surface area (Å²) >= 11 is 0. The van der Waals surface area contributed by atoms with Crippen LogP contribution in [0.2, 0.25) is 0 Å². The topological polar surface area (TPSA) is 21.7 Å². The van der Waals surface area contributed by atoms with Crippen LogP contribution in [0, 0.1) is 11.8 Å². The first kappa shape index (κ1) is 12.8. The maximum atomic E-state index is 5.98. The van der Waals surface area contributed by atoms with Crippen molar-refractivity contribution in [1.29, 1.82) is 0 Å². The highest BCUT2D eigenvalue weighted by Crippen LogP contribution is 2.47. The fourth-order valence-corrected chi connectivity index (χ4v) is 4.20. The van der Waals surface area contributed by atoms with Crippen molar-refractivity contribution in [1.82, 2.24) is 4.90 Å². The third-order valence-corrected chi connectivity index (χ3v) is 5.07. The Morgan fingerprint density at radius 1 is 1.00 bits per heavy atom. The second kappa shape index (κ2) is 5.14. The van der Waals surface area contributed by atoms with Crippen LogP contribution < -0.4 is 0 Å². The summed E-state index contributed by atoms with van der Waals surface area (Å²) in [5, 5.41) is 0. The van der Waals surface area contributed by atoms with Crippen LogP contribution in [0.3, 0.4) is 0 Å². The molecule has 108 valence electrons. The van der Waals surface area contributed by atoms with E-state index in [1.807, 2.05) is 0 Å². The van der Waals surface area contributed by atoms with E-state index in [0.717, 1.165) is 50.9 Å². The number of hydrogen-bond donors (Lipinski definition) is 0. The Hall–Kier alpha value is -0.900. The molecule has 1 aromatic rings. The molecule has 20 heavy (non-hydrogen) atoms. The summed E-state index contributed by atoms with van der Waals surface area (Å²) in [7, 11) is 0. The van der Waals surface area contributed by atoms with E-state index in [4.69, 9.17) is 9.47 Å². The van der Waals surface area contributed by atoms with Gasteiger partial charge in [-0.3, -0.25) is 4.90 Å². The van der Waals surface area contributed by atoms with E-state index >= 15 is 0 Å². The van der Waals surface area contributed by atoms with Gasteiger partial charge in [0.05, 0.1) is 13.2 Å². The van der Waals surface area contributed by atoms with Crippen LogP contribution in [-0.2, 0) is 16.0 Å². The zero-order valence-electron chi connectivity index (χ0n) is 12.0. The largest absolute Gasteiger partial charge is 0.350 e. The first-order valence-corrected chi connectivity index (χ1v) is 7.87. The summed E-state index contributed by atoms with van der Waals surface area (Å²) in [6, 6.07) is 10.8. The molecule has 1 aromatic carbocycles. The first-order chi connectivity index (χ1) is 9.83. The summed E-state index contributed by atoms with van der Waals surface area (Å²) in [5.74, 6) is 1.31. The zero-order chi connectivity index (χ0) is 13.4. The van der Waals surface area contributed by atoms with Gasteiger partial charge in [0.2, 0.25) is 0 Å². The Morgan fingerprint density at radius 3 is 2.30 bits per heavy atom. The summed E-state index contributed by atoms with van der Waals surface area (Å²) in [5.41, 5.74) is 1.42. The third kappa shape index (κ3) is 2.39. The molecule has 0 amide bonds. The zero-order valence-corrected chi connectivity index (χ0v) is 12.0. The average molecular weight is 273 g/mol. The molecule has 2 saturated heterocycles. The normalized spacial score (nSPS) is 32.6. The predicted molar refractivity (Wildman–Crippen MR) is 77.2 cm³/mol. The van der Waals surface area contributed by atoms with Crippen LogP contribution in [0.15, 0.2) is 30.3 Å². The van der Waals surface area contributed by atoms with Gasteiger partial charge >= 0.3 is 0 Å². The molecule has 2 unspecified atom stereocenters. The molecule has 0 radical (unpaired) electrons. The van der Waals surface area contributed by atoms with E-state index in [0.29, 0.717) is 0 Å². The molecule has 3 fully saturated rings. The number of nitrogens with zero attached hydrogens (tertiary/aromatic N) is 1. The molecule has 4 rings (SSSR count). The minimum Gasteiger partial charge on any atom is -0.350 e. The quantitative estimate of drug-likeness (QED) is 0.827. The van der Waals surface area contributed by atoms with E-state index in [9.17, 15) is 0 Å². The highest BCUT2D eigenvalue weighted by Gasteiger charge is 2.51. The van der Waals surface area contributed by atoms with Gasteiger partial charge in [0.15, 0.2) is 5.79 Å². The van der Waals surface area contributed by atoms with Gasteiger partial charge in [0, 0.05) is 32.5 Å². The second-order valence-electron chi connectivity index (χ2n) is 6.57. The SMILES string of the molecule is c1ccc(CN2CC3CC4(CC3C2)OCCCO4)cc1. The van der Waals surface area contributed by atoms with Crippen molar-refractivity contribution in [3.63, 3.8) is 0 Å². The van der Waals surface area contributed by atoms with E-state index in [1.54, 1.807) is 0 Å². The average Bonchev–Trinajstić information content (AvgIpc) is 2.95. The van der Waals surface area contributed by atoms with Gasteiger partial charge in [0.25, 0.3) is 0 Å². The molecule has 2 aliphatic heterocycles. The molecule has 3 heteroatoms. The van der Waals surface area contributed by atoms with Crippen molar-refractivity contribution in [3.05, 3.63) is 35.9 Å². The monoisotopic (exact) mass is 273 g/mol. The van der Waals surface area contributed by atoms with E-state index in [2.05, 4.69) is 35.2 Å². The van der Waals surface area contributed by atoms with Crippen molar-refractivity contribution in [2.75, 3.05) is 26.3 Å². The molecule has 2 heterocycles. The Bertz CT molecular complexity index is 439. The van der Waals surface area contributed by atoms with Crippen molar-refractivity contribution in [3.8, 4) is 0 Å². The maximum Gasteiger partial charge on any atom is 0.168 e. The third-order valence-electron chi connectivity index (χ3n) is 5.07. The Kier molecular flexibility index (Phi) is 3.29. The lowest BCUT2D eigenvalue weighted by Gasteiger charge is -2.35. The molecular weight excluding hydrogens is 250 g/mol. The lowest BCUT2D eigenvalue weighted by atomic mass is 10.0. The first-order valence-electron chi connectivity index (χ1n) is 7.87. The number of ether oxygens (including phenoxy) is 2. The number of likely N-dealkylation sites (tertiary alicyclic amines) is 1. The molecule has 3 aliphatic rings. The summed E-state index contributed by atoms with van der Waals surface area (Å²) in [6.45, 7) is 5.25. The van der Waals surface area contributed by atoms with Crippen LogP contribution in [0.1, 0.15) is 24.8 Å². The van der Waals surface area contributed by atoms with Crippen LogP contribution in [0.5, 0.6) is 0 Å². The molecule has 1 aliphatic carbocycles. The van der Waals surface area contributed by atoms with E-state index in [1.165, 1.54) is 18.7 Å². The smallest absolute Gasteiger partial charge is 0.168 e. The standard InChI is InChI=1S/C17H23NO2/c1-2-5-14(6-3-1)11-18-12-15-9-17(10-16(15)13-18)19-7-4-8-20-17/h1-3,5-6,15-16H,4,7-13H2. The fourth-order valence-electron chi connectivity index (χ4n) is 4.20. The maximum absolute atomic E-state index is 5.98. The van der Waals surface area contributed by atoms with Crippen LogP contribution >= 0.6 is 0 Å². The lowest BCUT2D eigenvalue weighted by molar-refractivity contribution is -0.265. The van der Waals surface area contributed by atoms with Gasteiger partial charge in [-0.15, -0.1) is 0 Å². The fraction of sp³-hybridized carbons (Fsp3) is 0.647. The van der Waals surface area contributed by atoms with Gasteiger partial charge in [-0.2, -0.15) is 0 Å².